The number of carbonyl (C=O) groups is 1. The van der Waals surface area contributed by atoms with Gasteiger partial charge in [-0.05, 0) is 54.1 Å². The lowest BCUT2D eigenvalue weighted by Gasteiger charge is -2.42. The van der Waals surface area contributed by atoms with Gasteiger partial charge in [-0.2, -0.15) is 0 Å². The second-order valence-corrected chi connectivity index (χ2v) is 9.06. The van der Waals surface area contributed by atoms with Crippen molar-refractivity contribution in [1.29, 1.82) is 0 Å². The molecule has 0 saturated heterocycles. The summed E-state index contributed by atoms with van der Waals surface area (Å²) in [6, 6.07) is 17.1. The first-order valence-corrected chi connectivity index (χ1v) is 11.0. The smallest absolute Gasteiger partial charge is 0.404 e. The standard InChI is InChI=1S/C26H29N3O2/c1-16(11-17-7-4-3-5-8-17)25(31-26(27)30)19-12-21-20-9-6-10-22-24(20)18(14-28-22)13-23(21)29(2)15-19/h3-10,12,14,16,19,23,25,28H,11,13,15H2,1-2H3,(H2,27,30)/t16?,19-,23-,25?/m1/s1. The van der Waals surface area contributed by atoms with Crippen molar-refractivity contribution in [2.45, 2.75) is 31.9 Å². The maximum Gasteiger partial charge on any atom is 0.404 e. The highest BCUT2D eigenvalue weighted by Gasteiger charge is 2.38. The molecule has 1 amide bonds. The van der Waals surface area contributed by atoms with Crippen LogP contribution in [-0.4, -0.2) is 41.7 Å². The van der Waals surface area contributed by atoms with Crippen molar-refractivity contribution in [1.82, 2.24) is 9.88 Å². The fourth-order valence-electron chi connectivity index (χ4n) is 5.55. The van der Waals surface area contributed by atoms with E-state index in [0.29, 0.717) is 6.04 Å². The SMILES string of the molecule is CC(Cc1ccccc1)C(OC(N)=O)[C@@H]1C=C2c3cccc4[nH]cc(c34)C[C@H]2N(C)C1. The van der Waals surface area contributed by atoms with E-state index in [1.807, 2.05) is 18.2 Å². The normalized spacial score (nSPS) is 22.5. The van der Waals surface area contributed by atoms with Crippen LogP contribution >= 0.6 is 0 Å². The van der Waals surface area contributed by atoms with E-state index >= 15 is 0 Å². The Morgan fingerprint density at radius 1 is 1.23 bits per heavy atom. The molecule has 2 aliphatic rings. The van der Waals surface area contributed by atoms with E-state index in [-0.39, 0.29) is 17.9 Å². The average molecular weight is 416 g/mol. The van der Waals surface area contributed by atoms with Crippen LogP contribution < -0.4 is 5.73 Å². The Morgan fingerprint density at radius 2 is 2.03 bits per heavy atom. The molecule has 5 rings (SSSR count). The highest BCUT2D eigenvalue weighted by Crippen LogP contribution is 2.42. The van der Waals surface area contributed by atoms with Crippen LogP contribution in [0.4, 0.5) is 4.79 Å². The number of hydrogen-bond donors (Lipinski definition) is 2. The number of amides is 1. The number of fused-ring (bicyclic) bond motifs is 2. The van der Waals surface area contributed by atoms with E-state index in [2.05, 4.69) is 66.5 Å². The zero-order valence-electron chi connectivity index (χ0n) is 18.0. The van der Waals surface area contributed by atoms with E-state index in [1.165, 1.54) is 33.2 Å². The molecule has 0 radical (unpaired) electrons. The van der Waals surface area contributed by atoms with Gasteiger partial charge in [-0.25, -0.2) is 4.79 Å². The van der Waals surface area contributed by atoms with Crippen LogP contribution in [0.2, 0.25) is 0 Å². The van der Waals surface area contributed by atoms with E-state index < -0.39 is 6.09 Å². The molecule has 31 heavy (non-hydrogen) atoms. The summed E-state index contributed by atoms with van der Waals surface area (Å²) in [7, 11) is 2.17. The molecule has 0 bridgehead atoms. The van der Waals surface area contributed by atoms with Crippen molar-refractivity contribution in [2.24, 2.45) is 17.6 Å². The summed E-state index contributed by atoms with van der Waals surface area (Å²) >= 11 is 0. The second kappa shape index (κ2) is 7.89. The van der Waals surface area contributed by atoms with Gasteiger partial charge in [0.2, 0.25) is 0 Å². The van der Waals surface area contributed by atoms with Crippen molar-refractivity contribution in [3.8, 4) is 0 Å². The maximum atomic E-state index is 11.8. The number of rotatable bonds is 5. The first kappa shape index (κ1) is 19.9. The van der Waals surface area contributed by atoms with Crippen LogP contribution in [0.25, 0.3) is 16.5 Å². The minimum atomic E-state index is -0.702. The third-order valence-corrected chi connectivity index (χ3v) is 6.93. The van der Waals surface area contributed by atoms with Crippen molar-refractivity contribution >= 4 is 22.6 Å². The van der Waals surface area contributed by atoms with Crippen LogP contribution in [0.5, 0.6) is 0 Å². The third-order valence-electron chi connectivity index (χ3n) is 6.93. The molecule has 1 aromatic heterocycles. The summed E-state index contributed by atoms with van der Waals surface area (Å²) in [6.07, 6.45) is 5.35. The maximum absolute atomic E-state index is 11.8. The molecule has 0 fully saturated rings. The quantitative estimate of drug-likeness (QED) is 0.650. The molecular formula is C26H29N3O2. The van der Waals surface area contributed by atoms with Gasteiger partial charge in [-0.1, -0.05) is 55.5 Å². The number of H-pyrrole nitrogens is 1. The number of primary amides is 1. The molecule has 160 valence electrons. The summed E-state index contributed by atoms with van der Waals surface area (Å²) in [5.74, 6) is 0.224. The molecule has 3 aromatic rings. The summed E-state index contributed by atoms with van der Waals surface area (Å²) in [4.78, 5) is 17.6. The average Bonchev–Trinajstić information content (AvgIpc) is 3.17. The van der Waals surface area contributed by atoms with Crippen LogP contribution in [0.3, 0.4) is 0 Å². The number of carbonyl (C=O) groups excluding carboxylic acids is 1. The predicted molar refractivity (Wildman–Crippen MR) is 124 cm³/mol. The summed E-state index contributed by atoms with van der Waals surface area (Å²) in [5.41, 5.74) is 11.9. The topological polar surface area (TPSA) is 71.3 Å². The zero-order chi connectivity index (χ0) is 21.5. The van der Waals surface area contributed by atoms with Gasteiger partial charge >= 0.3 is 6.09 Å². The molecule has 1 aliphatic heterocycles. The molecule has 2 unspecified atom stereocenters. The number of likely N-dealkylation sites (N-methyl/N-ethyl adjacent to an activating group) is 1. The van der Waals surface area contributed by atoms with Crippen molar-refractivity contribution in [2.75, 3.05) is 13.6 Å². The Bertz CT molecular complexity index is 1130. The summed E-state index contributed by atoms with van der Waals surface area (Å²) < 4.78 is 5.74. The van der Waals surface area contributed by atoms with E-state index in [1.54, 1.807) is 0 Å². The first-order valence-electron chi connectivity index (χ1n) is 11.0. The Hall–Kier alpha value is -3.05. The minimum Gasteiger partial charge on any atom is -0.445 e. The molecule has 4 atom stereocenters. The Labute approximate surface area is 182 Å². The van der Waals surface area contributed by atoms with Crippen molar-refractivity contribution in [3.05, 3.63) is 77.5 Å². The number of aromatic nitrogens is 1. The van der Waals surface area contributed by atoms with Crippen LogP contribution in [-0.2, 0) is 17.6 Å². The third kappa shape index (κ3) is 3.63. The van der Waals surface area contributed by atoms with Gasteiger partial charge in [0, 0.05) is 35.6 Å². The Kier molecular flexibility index (Phi) is 5.06. The van der Waals surface area contributed by atoms with Gasteiger partial charge in [0.25, 0.3) is 0 Å². The molecule has 3 N–H and O–H groups in total. The highest BCUT2D eigenvalue weighted by molar-refractivity contribution is 5.98. The molecule has 2 heterocycles. The van der Waals surface area contributed by atoms with Gasteiger partial charge in [-0.3, -0.25) is 4.90 Å². The van der Waals surface area contributed by atoms with Gasteiger partial charge in [0.1, 0.15) is 6.10 Å². The van der Waals surface area contributed by atoms with Crippen LogP contribution in [0.1, 0.15) is 23.6 Å². The molecule has 2 aromatic carbocycles. The molecule has 0 saturated carbocycles. The number of ether oxygens (including phenoxy) is 1. The van der Waals surface area contributed by atoms with E-state index in [0.717, 1.165) is 19.4 Å². The monoisotopic (exact) mass is 415 g/mol. The number of nitrogens with two attached hydrogens (primary N) is 1. The Morgan fingerprint density at radius 3 is 2.81 bits per heavy atom. The van der Waals surface area contributed by atoms with Crippen LogP contribution in [0.15, 0.2) is 60.8 Å². The molecule has 5 nitrogen and oxygen atoms in total. The fourth-order valence-corrected chi connectivity index (χ4v) is 5.55. The number of nitrogens with zero attached hydrogens (tertiary/aromatic N) is 1. The first-order chi connectivity index (χ1) is 15.0. The van der Waals surface area contributed by atoms with Gasteiger partial charge in [-0.15, -0.1) is 0 Å². The number of aromatic amines is 1. The summed E-state index contributed by atoms with van der Waals surface area (Å²) in [5, 5.41) is 1.32. The lowest BCUT2D eigenvalue weighted by Crippen LogP contribution is -2.48. The Balaban J connectivity index is 1.51. The van der Waals surface area contributed by atoms with Crippen LogP contribution in [0, 0.1) is 11.8 Å². The molecule has 0 spiro atoms. The zero-order valence-corrected chi connectivity index (χ0v) is 18.0. The van der Waals surface area contributed by atoms with Gasteiger partial charge in [0.05, 0.1) is 0 Å². The molecule has 1 aliphatic carbocycles. The molecule has 5 heteroatoms. The molecular weight excluding hydrogens is 386 g/mol. The van der Waals surface area contributed by atoms with Gasteiger partial charge < -0.3 is 15.5 Å². The highest BCUT2D eigenvalue weighted by atomic mass is 16.6. The number of nitrogens with one attached hydrogen (secondary N) is 1. The lowest BCUT2D eigenvalue weighted by molar-refractivity contribution is 0.0320. The summed E-state index contributed by atoms with van der Waals surface area (Å²) in [6.45, 7) is 2.98. The predicted octanol–water partition coefficient (Wildman–Crippen LogP) is 4.38. The van der Waals surface area contributed by atoms with Gasteiger partial charge in [0.15, 0.2) is 0 Å². The number of hydrogen-bond acceptors (Lipinski definition) is 3. The number of benzene rings is 2. The van der Waals surface area contributed by atoms with Crippen molar-refractivity contribution < 1.29 is 9.53 Å². The largest absolute Gasteiger partial charge is 0.445 e. The van der Waals surface area contributed by atoms with E-state index in [9.17, 15) is 4.79 Å². The van der Waals surface area contributed by atoms with E-state index in [4.69, 9.17) is 10.5 Å². The second-order valence-electron chi connectivity index (χ2n) is 9.06. The van der Waals surface area contributed by atoms with Crippen molar-refractivity contribution in [3.63, 3.8) is 0 Å². The fraction of sp³-hybridized carbons (Fsp3) is 0.346. The lowest BCUT2D eigenvalue weighted by atomic mass is 9.77. The minimum absolute atomic E-state index is 0.0817.